The SMILES string of the molecule is C=Cc1cccc(CCCO[Si](CCC)C(C)OC)c1. The minimum atomic E-state index is -0.829. The zero-order chi connectivity index (χ0) is 14.8. The van der Waals surface area contributed by atoms with Crippen molar-refractivity contribution in [2.24, 2.45) is 0 Å². The largest absolute Gasteiger partial charge is 0.414 e. The summed E-state index contributed by atoms with van der Waals surface area (Å²) in [6, 6.07) is 9.69. The molecule has 0 bridgehead atoms. The summed E-state index contributed by atoms with van der Waals surface area (Å²) in [7, 11) is 0.944. The third-order valence-electron chi connectivity index (χ3n) is 3.39. The fourth-order valence-corrected chi connectivity index (χ4v) is 4.07. The highest BCUT2D eigenvalue weighted by Crippen LogP contribution is 2.11. The molecular formula is C17H27O2Si. The predicted octanol–water partition coefficient (Wildman–Crippen LogP) is 4.25. The summed E-state index contributed by atoms with van der Waals surface area (Å²) in [5.41, 5.74) is 2.81. The summed E-state index contributed by atoms with van der Waals surface area (Å²) in [6.45, 7) is 8.97. The van der Waals surface area contributed by atoms with Crippen molar-refractivity contribution in [2.75, 3.05) is 13.7 Å². The number of aryl methyl sites for hydroxylation is 1. The Morgan fingerprint density at radius 3 is 2.85 bits per heavy atom. The van der Waals surface area contributed by atoms with E-state index in [0.717, 1.165) is 25.5 Å². The van der Waals surface area contributed by atoms with Gasteiger partial charge in [0.15, 0.2) is 0 Å². The standard InChI is InChI=1S/C17H27O2Si/c1-5-13-20(15(3)18-4)19-12-8-11-17-10-7-9-16(6-2)14-17/h6-7,9-10,14-15H,2,5,8,11-13H2,1,3-4H3. The van der Waals surface area contributed by atoms with Crippen molar-refractivity contribution >= 4 is 15.1 Å². The minimum absolute atomic E-state index is 0.268. The second-order valence-corrected chi connectivity index (χ2v) is 7.53. The highest BCUT2D eigenvalue weighted by molar-refractivity contribution is 6.53. The Labute approximate surface area is 125 Å². The molecule has 0 aliphatic rings. The Balaban J connectivity index is 2.33. The van der Waals surface area contributed by atoms with E-state index in [4.69, 9.17) is 9.16 Å². The number of hydrogen-bond acceptors (Lipinski definition) is 2. The summed E-state index contributed by atoms with van der Waals surface area (Å²) >= 11 is 0. The summed E-state index contributed by atoms with van der Waals surface area (Å²) in [5, 5.41) is 0. The van der Waals surface area contributed by atoms with E-state index in [-0.39, 0.29) is 5.73 Å². The average molecular weight is 291 g/mol. The van der Waals surface area contributed by atoms with Gasteiger partial charge in [-0.2, -0.15) is 0 Å². The van der Waals surface area contributed by atoms with E-state index in [1.165, 1.54) is 17.5 Å². The van der Waals surface area contributed by atoms with Crippen LogP contribution in [0.15, 0.2) is 30.8 Å². The third-order valence-corrected chi connectivity index (χ3v) is 6.10. The van der Waals surface area contributed by atoms with E-state index in [1.54, 1.807) is 7.11 Å². The molecule has 0 N–H and O–H groups in total. The van der Waals surface area contributed by atoms with Gasteiger partial charge in [0.2, 0.25) is 9.04 Å². The van der Waals surface area contributed by atoms with E-state index in [9.17, 15) is 0 Å². The quantitative estimate of drug-likeness (QED) is 0.474. The number of benzene rings is 1. The fraction of sp³-hybridized carbons (Fsp3) is 0.529. The minimum Gasteiger partial charge on any atom is -0.414 e. The lowest BCUT2D eigenvalue weighted by Gasteiger charge is -2.20. The van der Waals surface area contributed by atoms with E-state index >= 15 is 0 Å². The Morgan fingerprint density at radius 1 is 1.40 bits per heavy atom. The molecule has 0 saturated carbocycles. The maximum absolute atomic E-state index is 6.07. The van der Waals surface area contributed by atoms with Crippen LogP contribution in [0, 0.1) is 0 Å². The molecule has 111 valence electrons. The molecule has 0 aliphatic heterocycles. The first-order chi connectivity index (χ1) is 9.71. The second-order valence-electron chi connectivity index (χ2n) is 5.00. The van der Waals surface area contributed by atoms with E-state index < -0.39 is 9.04 Å². The molecule has 3 heteroatoms. The van der Waals surface area contributed by atoms with Crippen LogP contribution in [0.5, 0.6) is 0 Å². The van der Waals surface area contributed by atoms with Gasteiger partial charge in [0.1, 0.15) is 0 Å². The maximum atomic E-state index is 6.07. The first kappa shape index (κ1) is 17.1. The van der Waals surface area contributed by atoms with E-state index in [0.29, 0.717) is 0 Å². The van der Waals surface area contributed by atoms with Crippen molar-refractivity contribution in [3.8, 4) is 0 Å². The zero-order valence-electron chi connectivity index (χ0n) is 13.0. The highest BCUT2D eigenvalue weighted by Gasteiger charge is 2.20. The molecule has 0 fully saturated rings. The first-order valence-corrected chi connectivity index (χ1v) is 9.13. The fourth-order valence-electron chi connectivity index (χ4n) is 2.13. The molecule has 1 rings (SSSR count). The molecule has 1 atom stereocenters. The molecule has 1 aromatic carbocycles. The average Bonchev–Trinajstić information content (AvgIpc) is 2.49. The lowest BCUT2D eigenvalue weighted by Crippen LogP contribution is -2.33. The number of hydrogen-bond donors (Lipinski definition) is 0. The summed E-state index contributed by atoms with van der Waals surface area (Å²) in [4.78, 5) is 0. The van der Waals surface area contributed by atoms with Crippen LogP contribution < -0.4 is 0 Å². The monoisotopic (exact) mass is 291 g/mol. The van der Waals surface area contributed by atoms with Gasteiger partial charge in [-0.05, 0) is 36.9 Å². The summed E-state index contributed by atoms with van der Waals surface area (Å²) < 4.78 is 11.5. The summed E-state index contributed by atoms with van der Waals surface area (Å²) in [5.74, 6) is 0. The number of rotatable bonds is 10. The van der Waals surface area contributed by atoms with Crippen LogP contribution in [-0.2, 0) is 15.6 Å². The van der Waals surface area contributed by atoms with Crippen molar-refractivity contribution in [2.45, 2.75) is 44.9 Å². The molecule has 0 aliphatic carbocycles. The van der Waals surface area contributed by atoms with Gasteiger partial charge >= 0.3 is 0 Å². The molecule has 1 unspecified atom stereocenters. The van der Waals surface area contributed by atoms with Gasteiger partial charge in [0.25, 0.3) is 0 Å². The molecular weight excluding hydrogens is 264 g/mol. The Hall–Kier alpha value is -0.903. The van der Waals surface area contributed by atoms with Gasteiger partial charge < -0.3 is 9.16 Å². The van der Waals surface area contributed by atoms with Gasteiger partial charge in [-0.15, -0.1) is 0 Å². The van der Waals surface area contributed by atoms with Crippen LogP contribution in [0.2, 0.25) is 6.04 Å². The van der Waals surface area contributed by atoms with Gasteiger partial charge in [0.05, 0.1) is 5.73 Å². The molecule has 1 aromatic rings. The molecule has 1 radical (unpaired) electrons. The van der Waals surface area contributed by atoms with E-state index in [2.05, 4.69) is 44.7 Å². The normalized spacial score (nSPS) is 12.6. The van der Waals surface area contributed by atoms with Crippen LogP contribution in [0.1, 0.15) is 37.8 Å². The molecule has 0 spiro atoms. The van der Waals surface area contributed by atoms with Crippen molar-refractivity contribution in [3.63, 3.8) is 0 Å². The van der Waals surface area contributed by atoms with Crippen LogP contribution in [0.3, 0.4) is 0 Å². The Morgan fingerprint density at radius 2 is 2.20 bits per heavy atom. The van der Waals surface area contributed by atoms with Crippen molar-refractivity contribution in [1.82, 2.24) is 0 Å². The van der Waals surface area contributed by atoms with Crippen LogP contribution >= 0.6 is 0 Å². The molecule has 0 amide bonds. The molecule has 0 heterocycles. The molecule has 20 heavy (non-hydrogen) atoms. The Bertz CT molecular complexity index is 392. The van der Waals surface area contributed by atoms with Gasteiger partial charge in [-0.3, -0.25) is 0 Å². The first-order valence-electron chi connectivity index (χ1n) is 7.44. The van der Waals surface area contributed by atoms with Crippen molar-refractivity contribution in [3.05, 3.63) is 42.0 Å². The highest BCUT2D eigenvalue weighted by atomic mass is 28.3. The molecule has 0 aromatic heterocycles. The molecule has 2 nitrogen and oxygen atoms in total. The van der Waals surface area contributed by atoms with Crippen molar-refractivity contribution < 1.29 is 9.16 Å². The Kier molecular flexibility index (Phi) is 8.50. The second kappa shape index (κ2) is 9.92. The van der Waals surface area contributed by atoms with Crippen LogP contribution in [-0.4, -0.2) is 28.5 Å². The van der Waals surface area contributed by atoms with Crippen LogP contribution in [0.25, 0.3) is 6.08 Å². The number of ether oxygens (including phenoxy) is 1. The predicted molar refractivity (Wildman–Crippen MR) is 88.1 cm³/mol. The lowest BCUT2D eigenvalue weighted by molar-refractivity contribution is 0.150. The van der Waals surface area contributed by atoms with Gasteiger partial charge in [-0.1, -0.05) is 50.3 Å². The lowest BCUT2D eigenvalue weighted by atomic mass is 10.1. The summed E-state index contributed by atoms with van der Waals surface area (Å²) in [6.07, 6.45) is 5.19. The van der Waals surface area contributed by atoms with Crippen molar-refractivity contribution in [1.29, 1.82) is 0 Å². The van der Waals surface area contributed by atoms with E-state index in [1.807, 2.05) is 6.08 Å². The third kappa shape index (κ3) is 6.03. The van der Waals surface area contributed by atoms with Gasteiger partial charge in [0, 0.05) is 13.7 Å². The van der Waals surface area contributed by atoms with Gasteiger partial charge in [-0.25, -0.2) is 0 Å². The maximum Gasteiger partial charge on any atom is 0.241 e. The molecule has 0 saturated heterocycles. The smallest absolute Gasteiger partial charge is 0.241 e. The van der Waals surface area contributed by atoms with Crippen LogP contribution in [0.4, 0.5) is 0 Å². The zero-order valence-corrected chi connectivity index (χ0v) is 14.0. The number of methoxy groups -OCH3 is 1. The topological polar surface area (TPSA) is 18.5 Å².